The molecule has 190 valence electrons. The van der Waals surface area contributed by atoms with Crippen molar-refractivity contribution in [3.63, 3.8) is 0 Å². The second-order valence-corrected chi connectivity index (χ2v) is 9.39. The van der Waals surface area contributed by atoms with Crippen LogP contribution in [0.15, 0.2) is 35.0 Å². The summed E-state index contributed by atoms with van der Waals surface area (Å²) in [4.78, 5) is 32.6. The van der Waals surface area contributed by atoms with Gasteiger partial charge in [0.25, 0.3) is 5.91 Å². The lowest BCUT2D eigenvalue weighted by atomic mass is 9.98. The number of likely N-dealkylation sites (tertiary alicyclic amines) is 1. The van der Waals surface area contributed by atoms with Crippen LogP contribution in [-0.4, -0.2) is 58.5 Å². The molecule has 2 aliphatic rings. The molecule has 2 N–H and O–H groups in total. The number of aromatic hydroxyl groups is 2. The van der Waals surface area contributed by atoms with E-state index in [1.807, 2.05) is 19.1 Å². The minimum atomic E-state index is -0.751. The number of rotatable bonds is 3. The van der Waals surface area contributed by atoms with Gasteiger partial charge in [0.15, 0.2) is 6.61 Å². The van der Waals surface area contributed by atoms with Gasteiger partial charge in [-0.1, -0.05) is 34.5 Å². The standard InChI is InChI=1S/C26H33ClN2O6/c1-17-9-5-3-6-10-18(2)35-26(33)24-20(25(27)22(31)15-21(24)30)14-19(13-17)28-34-16-23(32)29-11-7-4-8-12-29/h3,6,13,15,18,30-31H,4-5,7-12,14,16H2,1-2H3/b6-3+,17-13+,28-19-/t18-/m1/s1. The quantitative estimate of drug-likeness (QED) is 0.344. The molecule has 3 rings (SSSR count). The molecule has 35 heavy (non-hydrogen) atoms. The monoisotopic (exact) mass is 504 g/mol. The summed E-state index contributed by atoms with van der Waals surface area (Å²) in [6, 6.07) is 1.02. The summed E-state index contributed by atoms with van der Waals surface area (Å²) in [6.45, 7) is 4.94. The molecule has 1 saturated heterocycles. The molecule has 1 aromatic rings. The number of carbonyl (C=O) groups is 2. The first kappa shape index (κ1) is 26.6. The van der Waals surface area contributed by atoms with Gasteiger partial charge in [-0.05, 0) is 57.6 Å². The predicted octanol–water partition coefficient (Wildman–Crippen LogP) is 4.91. The average Bonchev–Trinajstić information content (AvgIpc) is 2.81. The number of oxime groups is 1. The van der Waals surface area contributed by atoms with Crippen LogP contribution in [0, 0.1) is 0 Å². The number of fused-ring (bicyclic) bond motifs is 1. The number of esters is 1. The molecular formula is C26H33ClN2O6. The van der Waals surface area contributed by atoms with Gasteiger partial charge in [-0.25, -0.2) is 4.79 Å². The van der Waals surface area contributed by atoms with E-state index in [1.165, 1.54) is 0 Å². The predicted molar refractivity (Wildman–Crippen MR) is 134 cm³/mol. The van der Waals surface area contributed by atoms with E-state index in [0.29, 0.717) is 25.2 Å². The second-order valence-electron chi connectivity index (χ2n) is 9.01. The third kappa shape index (κ3) is 7.49. The molecular weight excluding hydrogens is 472 g/mol. The molecule has 8 nitrogen and oxygen atoms in total. The Labute approximate surface area is 210 Å². The summed E-state index contributed by atoms with van der Waals surface area (Å²) in [5, 5.41) is 24.8. The van der Waals surface area contributed by atoms with Crippen LogP contribution in [0.2, 0.25) is 5.02 Å². The van der Waals surface area contributed by atoms with Crippen LogP contribution in [0.1, 0.15) is 68.3 Å². The number of benzene rings is 1. The van der Waals surface area contributed by atoms with Gasteiger partial charge >= 0.3 is 5.97 Å². The highest BCUT2D eigenvalue weighted by Crippen LogP contribution is 2.37. The SMILES string of the molecule is C/C1=C\C(=N\OCC(=O)N2CCCCC2)Cc2c(Cl)c(O)cc(O)c2C(=O)O[C@H](C)C/C=C/CC1. The molecule has 0 aromatic heterocycles. The zero-order valence-electron chi connectivity index (χ0n) is 20.3. The van der Waals surface area contributed by atoms with Gasteiger partial charge < -0.3 is 24.7 Å². The van der Waals surface area contributed by atoms with E-state index in [4.69, 9.17) is 21.2 Å². The van der Waals surface area contributed by atoms with Crippen LogP contribution < -0.4 is 0 Å². The van der Waals surface area contributed by atoms with Crippen molar-refractivity contribution in [2.45, 2.75) is 64.9 Å². The number of hydrogen-bond acceptors (Lipinski definition) is 7. The van der Waals surface area contributed by atoms with Crippen LogP contribution >= 0.6 is 11.6 Å². The number of phenols is 2. The van der Waals surface area contributed by atoms with Crippen molar-refractivity contribution >= 4 is 29.2 Å². The Kier molecular flexibility index (Phi) is 9.60. The first-order chi connectivity index (χ1) is 16.8. The van der Waals surface area contributed by atoms with Crippen LogP contribution in [0.25, 0.3) is 0 Å². The lowest BCUT2D eigenvalue weighted by Crippen LogP contribution is -2.37. The lowest BCUT2D eigenvalue weighted by Gasteiger charge is -2.26. The molecule has 0 aliphatic carbocycles. The first-order valence-corrected chi connectivity index (χ1v) is 12.4. The molecule has 2 heterocycles. The minimum absolute atomic E-state index is 0.0231. The van der Waals surface area contributed by atoms with E-state index < -0.39 is 17.8 Å². The van der Waals surface area contributed by atoms with Crippen molar-refractivity contribution in [3.05, 3.63) is 46.0 Å². The normalized spacial score (nSPS) is 23.5. The van der Waals surface area contributed by atoms with Crippen LogP contribution in [0.4, 0.5) is 0 Å². The van der Waals surface area contributed by atoms with Crippen molar-refractivity contribution in [1.82, 2.24) is 4.90 Å². The second kappa shape index (κ2) is 12.6. The maximum atomic E-state index is 12.9. The fraction of sp³-hybridized carbons (Fsp3) is 0.500. The molecule has 0 spiro atoms. The Morgan fingerprint density at radius 1 is 1.23 bits per heavy atom. The van der Waals surface area contributed by atoms with Gasteiger partial charge in [0.2, 0.25) is 0 Å². The van der Waals surface area contributed by atoms with Crippen molar-refractivity contribution in [1.29, 1.82) is 0 Å². The van der Waals surface area contributed by atoms with Gasteiger partial charge in [-0.2, -0.15) is 0 Å². The fourth-order valence-electron chi connectivity index (χ4n) is 4.14. The van der Waals surface area contributed by atoms with Gasteiger partial charge in [0, 0.05) is 32.0 Å². The smallest absolute Gasteiger partial charge is 0.342 e. The highest BCUT2D eigenvalue weighted by Gasteiger charge is 2.26. The molecule has 0 saturated carbocycles. The van der Waals surface area contributed by atoms with Gasteiger partial charge in [0.05, 0.1) is 10.7 Å². The largest absolute Gasteiger partial charge is 0.507 e. The van der Waals surface area contributed by atoms with Crippen LogP contribution in [-0.2, 0) is 20.8 Å². The summed E-state index contributed by atoms with van der Waals surface area (Å²) in [7, 11) is 0. The molecule has 9 heteroatoms. The van der Waals surface area contributed by atoms with Gasteiger partial charge in [-0.3, -0.25) is 4.79 Å². The van der Waals surface area contributed by atoms with Gasteiger partial charge in [0.1, 0.15) is 23.2 Å². The number of phenolic OH excluding ortho intramolecular Hbond substituents is 2. The van der Waals surface area contributed by atoms with Crippen molar-refractivity contribution in [2.75, 3.05) is 19.7 Å². The number of allylic oxidation sites excluding steroid dienone is 3. The van der Waals surface area contributed by atoms with Crippen LogP contribution in [0.3, 0.4) is 0 Å². The molecule has 1 atom stereocenters. The Morgan fingerprint density at radius 3 is 2.71 bits per heavy atom. The Balaban J connectivity index is 1.93. The van der Waals surface area contributed by atoms with E-state index in [-0.39, 0.29) is 40.8 Å². The lowest BCUT2D eigenvalue weighted by molar-refractivity contribution is -0.137. The molecule has 1 amide bonds. The van der Waals surface area contributed by atoms with E-state index in [2.05, 4.69) is 5.16 Å². The first-order valence-electron chi connectivity index (χ1n) is 12.0. The Hall–Kier alpha value is -3.00. The molecule has 1 fully saturated rings. The molecule has 0 radical (unpaired) electrons. The molecule has 1 aromatic carbocycles. The van der Waals surface area contributed by atoms with E-state index in [0.717, 1.165) is 43.7 Å². The maximum Gasteiger partial charge on any atom is 0.342 e. The average molecular weight is 505 g/mol. The number of hydrogen-bond donors (Lipinski definition) is 2. The zero-order valence-corrected chi connectivity index (χ0v) is 21.0. The molecule has 0 bridgehead atoms. The molecule has 2 aliphatic heterocycles. The zero-order chi connectivity index (χ0) is 25.4. The molecule has 0 unspecified atom stereocenters. The summed E-state index contributed by atoms with van der Waals surface area (Å²) >= 11 is 6.37. The third-order valence-corrected chi connectivity index (χ3v) is 6.44. The number of carbonyl (C=O) groups excluding carboxylic acids is 2. The topological polar surface area (TPSA) is 109 Å². The summed E-state index contributed by atoms with van der Waals surface area (Å²) < 4.78 is 5.51. The van der Waals surface area contributed by atoms with Crippen molar-refractivity contribution in [2.24, 2.45) is 5.16 Å². The highest BCUT2D eigenvalue weighted by molar-refractivity contribution is 6.33. The van der Waals surface area contributed by atoms with Gasteiger partial charge in [-0.15, -0.1) is 0 Å². The van der Waals surface area contributed by atoms with Crippen LogP contribution in [0.5, 0.6) is 11.5 Å². The van der Waals surface area contributed by atoms with Crippen molar-refractivity contribution < 1.29 is 29.4 Å². The van der Waals surface area contributed by atoms with E-state index >= 15 is 0 Å². The van der Waals surface area contributed by atoms with E-state index in [9.17, 15) is 19.8 Å². The third-order valence-electron chi connectivity index (χ3n) is 6.02. The highest BCUT2D eigenvalue weighted by atomic mass is 35.5. The van der Waals surface area contributed by atoms with Crippen molar-refractivity contribution in [3.8, 4) is 11.5 Å². The number of piperidine rings is 1. The number of amides is 1. The minimum Gasteiger partial charge on any atom is -0.507 e. The van der Waals surface area contributed by atoms with E-state index in [1.54, 1.807) is 17.9 Å². The summed E-state index contributed by atoms with van der Waals surface area (Å²) in [5.74, 6) is -1.69. The Bertz CT molecular complexity index is 1030. The number of nitrogens with zero attached hydrogens (tertiary/aromatic N) is 2. The fourth-order valence-corrected chi connectivity index (χ4v) is 4.35. The number of halogens is 1. The number of cyclic esters (lactones) is 1. The Morgan fingerprint density at radius 2 is 1.97 bits per heavy atom. The summed E-state index contributed by atoms with van der Waals surface area (Å²) in [5.41, 5.74) is 1.43. The number of ether oxygens (including phenoxy) is 1. The summed E-state index contributed by atoms with van der Waals surface area (Å²) in [6.07, 6.45) is 10.5. The maximum absolute atomic E-state index is 12.9.